The minimum Gasteiger partial charge on any atom is -0.330 e. The molecule has 1 fully saturated rings. The lowest BCUT2D eigenvalue weighted by Crippen LogP contribution is -2.00. The van der Waals surface area contributed by atoms with Gasteiger partial charge in [-0.05, 0) is 25.9 Å². The molecule has 0 aromatic carbocycles. The van der Waals surface area contributed by atoms with Crippen LogP contribution in [-0.2, 0) is 0 Å². The summed E-state index contributed by atoms with van der Waals surface area (Å²) in [6.07, 6.45) is 15.3. The maximum Gasteiger partial charge on any atom is -0.00773 e. The fourth-order valence-corrected chi connectivity index (χ4v) is 1.88. The van der Waals surface area contributed by atoms with Crippen molar-refractivity contribution in [1.29, 1.82) is 0 Å². The zero-order valence-electron chi connectivity index (χ0n) is 10.3. The number of nitrogens with two attached hydrogens (primary N) is 2. The summed E-state index contributed by atoms with van der Waals surface area (Å²) < 4.78 is 0. The lowest BCUT2D eigenvalue weighted by molar-refractivity contribution is 0.653. The first-order valence-corrected chi connectivity index (χ1v) is 6.82. The standard InChI is InChI=1S/C7H14.C6H16N2/c1-2-4-6-7-5-3-1;7-5-3-1-2-4-6-8/h1-7H2;1-8H2. The summed E-state index contributed by atoms with van der Waals surface area (Å²) in [6, 6.07) is 0. The minimum atomic E-state index is 0.824. The van der Waals surface area contributed by atoms with E-state index in [0.29, 0.717) is 0 Å². The molecule has 0 bridgehead atoms. The second-order valence-electron chi connectivity index (χ2n) is 4.47. The summed E-state index contributed by atoms with van der Waals surface area (Å²) in [5.74, 6) is 0. The number of hydrogen-bond donors (Lipinski definition) is 2. The van der Waals surface area contributed by atoms with Crippen molar-refractivity contribution in [3.05, 3.63) is 0 Å². The Bertz CT molecular complexity index is 79.1. The molecule has 0 amide bonds. The maximum absolute atomic E-state index is 5.28. The Balaban J connectivity index is 0.000000262. The third-order valence-corrected chi connectivity index (χ3v) is 2.91. The Morgan fingerprint density at radius 2 is 0.733 bits per heavy atom. The fourth-order valence-electron chi connectivity index (χ4n) is 1.88. The largest absolute Gasteiger partial charge is 0.330 e. The lowest BCUT2D eigenvalue weighted by Gasteiger charge is -1.94. The highest BCUT2D eigenvalue weighted by molar-refractivity contribution is 4.51. The van der Waals surface area contributed by atoms with E-state index in [1.807, 2.05) is 0 Å². The predicted molar refractivity (Wildman–Crippen MR) is 68.9 cm³/mol. The predicted octanol–water partition coefficient (Wildman–Crippen LogP) is 3.19. The van der Waals surface area contributed by atoms with Crippen molar-refractivity contribution in [2.75, 3.05) is 13.1 Å². The molecule has 1 aliphatic rings. The van der Waals surface area contributed by atoms with Gasteiger partial charge >= 0.3 is 0 Å². The van der Waals surface area contributed by atoms with Crippen LogP contribution in [0, 0.1) is 0 Å². The molecule has 1 aliphatic carbocycles. The van der Waals surface area contributed by atoms with E-state index in [2.05, 4.69) is 0 Å². The molecule has 1 saturated carbocycles. The molecule has 2 heteroatoms. The van der Waals surface area contributed by atoms with E-state index in [1.165, 1.54) is 57.8 Å². The third-order valence-electron chi connectivity index (χ3n) is 2.91. The Morgan fingerprint density at radius 3 is 0.933 bits per heavy atom. The van der Waals surface area contributed by atoms with Gasteiger partial charge in [-0.25, -0.2) is 0 Å². The van der Waals surface area contributed by atoms with Gasteiger partial charge in [0.1, 0.15) is 0 Å². The Kier molecular flexibility index (Phi) is 13.8. The van der Waals surface area contributed by atoms with Gasteiger partial charge in [-0.15, -0.1) is 0 Å². The Morgan fingerprint density at radius 1 is 0.467 bits per heavy atom. The van der Waals surface area contributed by atoms with Gasteiger partial charge in [0, 0.05) is 0 Å². The first kappa shape index (κ1) is 14.9. The van der Waals surface area contributed by atoms with E-state index in [1.54, 1.807) is 0 Å². The molecule has 0 saturated heterocycles. The van der Waals surface area contributed by atoms with E-state index in [9.17, 15) is 0 Å². The van der Waals surface area contributed by atoms with Crippen molar-refractivity contribution in [1.82, 2.24) is 0 Å². The molecule has 0 spiro atoms. The van der Waals surface area contributed by atoms with Gasteiger partial charge in [-0.2, -0.15) is 0 Å². The van der Waals surface area contributed by atoms with E-state index in [4.69, 9.17) is 11.5 Å². The molecule has 0 aromatic rings. The van der Waals surface area contributed by atoms with Crippen LogP contribution in [0.5, 0.6) is 0 Å². The van der Waals surface area contributed by atoms with Crippen molar-refractivity contribution < 1.29 is 0 Å². The molecule has 0 unspecified atom stereocenters. The van der Waals surface area contributed by atoms with Crippen molar-refractivity contribution in [2.45, 2.75) is 70.6 Å². The van der Waals surface area contributed by atoms with Crippen molar-refractivity contribution >= 4 is 0 Å². The van der Waals surface area contributed by atoms with Crippen LogP contribution in [0.15, 0.2) is 0 Å². The minimum absolute atomic E-state index is 0.824. The van der Waals surface area contributed by atoms with Crippen molar-refractivity contribution in [2.24, 2.45) is 11.5 Å². The van der Waals surface area contributed by atoms with Crippen LogP contribution in [0.3, 0.4) is 0 Å². The van der Waals surface area contributed by atoms with Crippen LogP contribution >= 0.6 is 0 Å². The summed E-state index contributed by atoms with van der Waals surface area (Å²) in [5, 5.41) is 0. The van der Waals surface area contributed by atoms with Crippen molar-refractivity contribution in [3.63, 3.8) is 0 Å². The van der Waals surface area contributed by atoms with Crippen molar-refractivity contribution in [3.8, 4) is 0 Å². The molecule has 0 aromatic heterocycles. The highest BCUT2D eigenvalue weighted by atomic mass is 14.5. The molecule has 1 rings (SSSR count). The summed E-state index contributed by atoms with van der Waals surface area (Å²) in [4.78, 5) is 0. The van der Waals surface area contributed by atoms with Gasteiger partial charge < -0.3 is 11.5 Å². The van der Waals surface area contributed by atoms with Gasteiger partial charge in [-0.1, -0.05) is 57.8 Å². The van der Waals surface area contributed by atoms with Crippen LogP contribution in [0.4, 0.5) is 0 Å². The first-order chi connectivity index (χ1) is 7.41. The molecule has 4 N–H and O–H groups in total. The molecule has 0 atom stereocenters. The maximum atomic E-state index is 5.28. The second-order valence-corrected chi connectivity index (χ2v) is 4.47. The number of hydrogen-bond acceptors (Lipinski definition) is 2. The monoisotopic (exact) mass is 214 g/mol. The van der Waals surface area contributed by atoms with Crippen LogP contribution in [-0.4, -0.2) is 13.1 Å². The molecule has 2 nitrogen and oxygen atoms in total. The third kappa shape index (κ3) is 13.9. The first-order valence-electron chi connectivity index (χ1n) is 6.82. The zero-order valence-corrected chi connectivity index (χ0v) is 10.3. The van der Waals surface area contributed by atoms with Gasteiger partial charge in [0.15, 0.2) is 0 Å². The normalized spacial score (nSPS) is 16.4. The second kappa shape index (κ2) is 13.9. The summed E-state index contributed by atoms with van der Waals surface area (Å²) in [7, 11) is 0. The molecule has 0 heterocycles. The van der Waals surface area contributed by atoms with E-state index in [0.717, 1.165) is 25.9 Å². The Hall–Kier alpha value is -0.0800. The van der Waals surface area contributed by atoms with Gasteiger partial charge in [-0.3, -0.25) is 0 Å². The highest BCUT2D eigenvalue weighted by Crippen LogP contribution is 2.15. The molecular formula is C13H30N2. The summed E-state index contributed by atoms with van der Waals surface area (Å²) in [6.45, 7) is 1.65. The topological polar surface area (TPSA) is 52.0 Å². The van der Waals surface area contributed by atoms with Crippen LogP contribution in [0.1, 0.15) is 70.6 Å². The zero-order chi connectivity index (χ0) is 11.2. The fraction of sp³-hybridized carbons (Fsp3) is 1.00. The summed E-state index contributed by atoms with van der Waals surface area (Å²) in [5.41, 5.74) is 10.6. The lowest BCUT2D eigenvalue weighted by atomic mass is 10.2. The van der Waals surface area contributed by atoms with Crippen LogP contribution in [0.2, 0.25) is 0 Å². The Labute approximate surface area is 95.8 Å². The highest BCUT2D eigenvalue weighted by Gasteiger charge is 1.95. The SMILES string of the molecule is C1CCCCCC1.NCCCCCCN. The average molecular weight is 214 g/mol. The van der Waals surface area contributed by atoms with Crippen LogP contribution in [0.25, 0.3) is 0 Å². The van der Waals surface area contributed by atoms with E-state index < -0.39 is 0 Å². The van der Waals surface area contributed by atoms with E-state index in [-0.39, 0.29) is 0 Å². The quantitative estimate of drug-likeness (QED) is 0.545. The van der Waals surface area contributed by atoms with Gasteiger partial charge in [0.25, 0.3) is 0 Å². The molecule has 0 aliphatic heterocycles. The van der Waals surface area contributed by atoms with Gasteiger partial charge in [0.05, 0.1) is 0 Å². The summed E-state index contributed by atoms with van der Waals surface area (Å²) >= 11 is 0. The smallest absolute Gasteiger partial charge is 0.00773 e. The molecule has 0 radical (unpaired) electrons. The van der Waals surface area contributed by atoms with Crippen LogP contribution < -0.4 is 11.5 Å². The van der Waals surface area contributed by atoms with Gasteiger partial charge in [0.2, 0.25) is 0 Å². The molecule has 15 heavy (non-hydrogen) atoms. The number of rotatable bonds is 5. The average Bonchev–Trinajstić information content (AvgIpc) is 2.57. The van der Waals surface area contributed by atoms with E-state index >= 15 is 0 Å². The molecule has 92 valence electrons. The number of unbranched alkanes of at least 4 members (excludes halogenated alkanes) is 3. The molecular weight excluding hydrogens is 184 g/mol.